The normalized spacial score (nSPS) is 19.1. The molecule has 0 spiro atoms. The van der Waals surface area contributed by atoms with E-state index in [1.165, 1.54) is 4.90 Å². The van der Waals surface area contributed by atoms with Crippen molar-refractivity contribution in [1.82, 2.24) is 4.90 Å². The van der Waals surface area contributed by atoms with Crippen LogP contribution in [0.5, 0.6) is 0 Å². The van der Waals surface area contributed by atoms with E-state index in [0.717, 1.165) is 24.8 Å². The van der Waals surface area contributed by atoms with E-state index < -0.39 is 12.0 Å². The Morgan fingerprint density at radius 1 is 1.33 bits per heavy atom. The van der Waals surface area contributed by atoms with Gasteiger partial charge in [-0.25, -0.2) is 4.79 Å². The molecule has 1 N–H and O–H groups in total. The fourth-order valence-corrected chi connectivity index (χ4v) is 2.73. The number of ether oxygens (including phenoxy) is 1. The van der Waals surface area contributed by atoms with Gasteiger partial charge in [0.25, 0.3) is 5.91 Å². The number of carboxylic acids is 1. The standard InChI is InChI=1S/C16H21NO4/c1-21-11-12-6-5-7-13(10-12)15(18)17-9-4-2-3-8-14(17)16(19)20/h5-7,10,14H,2-4,8-9,11H2,1H3,(H,19,20). The van der Waals surface area contributed by atoms with Crippen LogP contribution in [0.2, 0.25) is 0 Å². The number of methoxy groups -OCH3 is 1. The second kappa shape index (κ2) is 7.22. The van der Waals surface area contributed by atoms with E-state index in [1.807, 2.05) is 6.07 Å². The summed E-state index contributed by atoms with van der Waals surface area (Å²) in [4.78, 5) is 25.6. The quantitative estimate of drug-likeness (QED) is 0.924. The number of aliphatic carboxylic acids is 1. The zero-order valence-corrected chi connectivity index (χ0v) is 12.2. The summed E-state index contributed by atoms with van der Waals surface area (Å²) in [6.07, 6.45) is 3.20. The van der Waals surface area contributed by atoms with E-state index in [4.69, 9.17) is 4.74 Å². The zero-order chi connectivity index (χ0) is 15.2. The first kappa shape index (κ1) is 15.5. The van der Waals surface area contributed by atoms with Crippen molar-refractivity contribution in [3.8, 4) is 0 Å². The summed E-state index contributed by atoms with van der Waals surface area (Å²) >= 11 is 0. The van der Waals surface area contributed by atoms with Crippen LogP contribution in [-0.4, -0.2) is 41.6 Å². The molecule has 1 atom stereocenters. The van der Waals surface area contributed by atoms with Crippen molar-refractivity contribution in [3.63, 3.8) is 0 Å². The fourth-order valence-electron chi connectivity index (χ4n) is 2.73. The molecule has 5 heteroatoms. The Morgan fingerprint density at radius 3 is 2.86 bits per heavy atom. The van der Waals surface area contributed by atoms with Crippen molar-refractivity contribution in [3.05, 3.63) is 35.4 Å². The molecule has 0 saturated carbocycles. The third-order valence-electron chi connectivity index (χ3n) is 3.78. The number of carbonyl (C=O) groups is 2. The molecule has 0 bridgehead atoms. The van der Waals surface area contributed by atoms with Crippen LogP contribution in [0.15, 0.2) is 24.3 Å². The average molecular weight is 291 g/mol. The lowest BCUT2D eigenvalue weighted by molar-refractivity contribution is -0.142. The summed E-state index contributed by atoms with van der Waals surface area (Å²) in [6, 6.07) is 6.47. The Hall–Kier alpha value is -1.88. The van der Waals surface area contributed by atoms with Gasteiger partial charge in [0.15, 0.2) is 0 Å². The van der Waals surface area contributed by atoms with Gasteiger partial charge in [0.2, 0.25) is 0 Å². The largest absolute Gasteiger partial charge is 0.480 e. The number of carbonyl (C=O) groups excluding carboxylic acids is 1. The molecular formula is C16H21NO4. The third kappa shape index (κ3) is 3.82. The number of hydrogen-bond donors (Lipinski definition) is 1. The minimum atomic E-state index is -0.918. The number of amides is 1. The number of likely N-dealkylation sites (tertiary alicyclic amines) is 1. The van der Waals surface area contributed by atoms with Crippen molar-refractivity contribution in [2.24, 2.45) is 0 Å². The van der Waals surface area contributed by atoms with E-state index in [-0.39, 0.29) is 5.91 Å². The maximum absolute atomic E-state index is 12.6. The third-order valence-corrected chi connectivity index (χ3v) is 3.78. The monoisotopic (exact) mass is 291 g/mol. The molecule has 2 rings (SSSR count). The lowest BCUT2D eigenvalue weighted by Crippen LogP contribution is -2.44. The van der Waals surface area contributed by atoms with Crippen LogP contribution in [-0.2, 0) is 16.1 Å². The van der Waals surface area contributed by atoms with Crippen LogP contribution in [0.3, 0.4) is 0 Å². The molecule has 1 aromatic rings. The number of nitrogens with zero attached hydrogens (tertiary/aromatic N) is 1. The minimum Gasteiger partial charge on any atom is -0.480 e. The van der Waals surface area contributed by atoms with Crippen LogP contribution in [0, 0.1) is 0 Å². The zero-order valence-electron chi connectivity index (χ0n) is 12.2. The summed E-state index contributed by atoms with van der Waals surface area (Å²) < 4.78 is 5.07. The van der Waals surface area contributed by atoms with Gasteiger partial charge in [0.05, 0.1) is 6.61 Å². The van der Waals surface area contributed by atoms with Gasteiger partial charge < -0.3 is 14.7 Å². The Balaban J connectivity index is 2.23. The smallest absolute Gasteiger partial charge is 0.326 e. The van der Waals surface area contributed by atoms with E-state index in [2.05, 4.69) is 0 Å². The van der Waals surface area contributed by atoms with Crippen molar-refractivity contribution in [2.45, 2.75) is 38.3 Å². The molecule has 0 aromatic heterocycles. The van der Waals surface area contributed by atoms with Gasteiger partial charge in [0, 0.05) is 19.2 Å². The topological polar surface area (TPSA) is 66.8 Å². The highest BCUT2D eigenvalue weighted by atomic mass is 16.5. The summed E-state index contributed by atoms with van der Waals surface area (Å²) in [6.45, 7) is 0.938. The predicted octanol–water partition coefficient (Wildman–Crippen LogP) is 2.30. The molecule has 1 aromatic carbocycles. The average Bonchev–Trinajstić information content (AvgIpc) is 2.73. The van der Waals surface area contributed by atoms with Crippen LogP contribution in [0.25, 0.3) is 0 Å². The van der Waals surface area contributed by atoms with Gasteiger partial charge in [-0.3, -0.25) is 4.79 Å². The van der Waals surface area contributed by atoms with Gasteiger partial charge >= 0.3 is 5.97 Å². The summed E-state index contributed by atoms with van der Waals surface area (Å²) in [7, 11) is 1.60. The molecule has 1 aliphatic rings. The first-order valence-corrected chi connectivity index (χ1v) is 7.25. The summed E-state index contributed by atoms with van der Waals surface area (Å²) in [5.41, 5.74) is 1.43. The first-order valence-electron chi connectivity index (χ1n) is 7.25. The second-order valence-corrected chi connectivity index (χ2v) is 5.34. The van der Waals surface area contributed by atoms with Crippen LogP contribution in [0.1, 0.15) is 41.6 Å². The molecule has 0 aliphatic carbocycles. The molecular weight excluding hydrogens is 270 g/mol. The molecule has 114 valence electrons. The molecule has 1 saturated heterocycles. The number of hydrogen-bond acceptors (Lipinski definition) is 3. The van der Waals surface area contributed by atoms with E-state index >= 15 is 0 Å². The van der Waals surface area contributed by atoms with Gasteiger partial charge in [0.1, 0.15) is 6.04 Å². The lowest BCUT2D eigenvalue weighted by Gasteiger charge is -2.27. The summed E-state index contributed by atoms with van der Waals surface area (Å²) in [5, 5.41) is 9.35. The lowest BCUT2D eigenvalue weighted by atomic mass is 10.1. The maximum atomic E-state index is 12.6. The fraction of sp³-hybridized carbons (Fsp3) is 0.500. The summed E-state index contributed by atoms with van der Waals surface area (Å²) in [5.74, 6) is -1.12. The Morgan fingerprint density at radius 2 is 2.14 bits per heavy atom. The van der Waals surface area contributed by atoms with Crippen molar-refractivity contribution in [2.75, 3.05) is 13.7 Å². The van der Waals surface area contributed by atoms with Crippen LogP contribution in [0.4, 0.5) is 0 Å². The van der Waals surface area contributed by atoms with Gasteiger partial charge in [-0.2, -0.15) is 0 Å². The highest BCUT2D eigenvalue weighted by Crippen LogP contribution is 2.20. The number of rotatable bonds is 4. The van der Waals surface area contributed by atoms with Crippen LogP contribution < -0.4 is 0 Å². The van der Waals surface area contributed by atoms with Crippen molar-refractivity contribution < 1.29 is 19.4 Å². The minimum absolute atomic E-state index is 0.206. The molecule has 21 heavy (non-hydrogen) atoms. The Kier molecular flexibility index (Phi) is 5.33. The molecule has 1 unspecified atom stereocenters. The molecule has 5 nitrogen and oxygen atoms in total. The second-order valence-electron chi connectivity index (χ2n) is 5.34. The maximum Gasteiger partial charge on any atom is 0.326 e. The highest BCUT2D eigenvalue weighted by Gasteiger charge is 2.31. The molecule has 0 radical (unpaired) electrons. The van der Waals surface area contributed by atoms with Crippen molar-refractivity contribution >= 4 is 11.9 Å². The van der Waals surface area contributed by atoms with E-state index in [1.54, 1.807) is 25.3 Å². The Bertz CT molecular complexity index is 515. The molecule has 1 aliphatic heterocycles. The molecule has 1 amide bonds. The highest BCUT2D eigenvalue weighted by molar-refractivity contribution is 5.96. The molecule has 1 fully saturated rings. The molecule has 1 heterocycles. The Labute approximate surface area is 124 Å². The van der Waals surface area contributed by atoms with Gasteiger partial charge in [-0.05, 0) is 30.5 Å². The van der Waals surface area contributed by atoms with Gasteiger partial charge in [-0.1, -0.05) is 25.0 Å². The first-order chi connectivity index (χ1) is 10.1. The predicted molar refractivity (Wildman–Crippen MR) is 78.1 cm³/mol. The van der Waals surface area contributed by atoms with E-state index in [9.17, 15) is 14.7 Å². The van der Waals surface area contributed by atoms with Gasteiger partial charge in [-0.15, -0.1) is 0 Å². The number of benzene rings is 1. The van der Waals surface area contributed by atoms with Crippen LogP contribution >= 0.6 is 0 Å². The van der Waals surface area contributed by atoms with Crippen molar-refractivity contribution in [1.29, 1.82) is 0 Å². The van der Waals surface area contributed by atoms with E-state index in [0.29, 0.717) is 25.1 Å². The number of carboxylic acid groups (broad SMARTS) is 1. The SMILES string of the molecule is COCc1cccc(C(=O)N2CCCCCC2C(=O)O)c1.